The standard InChI is InChI=1S/C26H20Br3Cl2N3O3/c1-3-22-33-20-8-6-16(27)10-18(20)26(35)34(22)32-12-15-9-21(36-4-2)25(24(29)23(15)28)37-13-14-5-7-17(30)11-19(14)31/h5-12H,3-4,13H2,1-2H3. The molecule has 0 N–H and O–H groups in total. The Bertz CT molecular complexity index is 1570. The molecule has 0 radical (unpaired) electrons. The first-order valence-electron chi connectivity index (χ1n) is 11.2. The summed E-state index contributed by atoms with van der Waals surface area (Å²) in [4.78, 5) is 17.8. The number of benzene rings is 3. The van der Waals surface area contributed by atoms with E-state index < -0.39 is 0 Å². The molecule has 0 aliphatic carbocycles. The van der Waals surface area contributed by atoms with E-state index >= 15 is 0 Å². The number of ether oxygens (including phenoxy) is 2. The summed E-state index contributed by atoms with van der Waals surface area (Å²) < 4.78 is 15.4. The van der Waals surface area contributed by atoms with Crippen molar-refractivity contribution in [2.75, 3.05) is 6.61 Å². The minimum Gasteiger partial charge on any atom is -0.490 e. The molecule has 0 amide bonds. The zero-order valence-electron chi connectivity index (χ0n) is 19.7. The number of fused-ring (bicyclic) bond motifs is 1. The molecule has 0 aliphatic heterocycles. The highest BCUT2D eigenvalue weighted by atomic mass is 79.9. The summed E-state index contributed by atoms with van der Waals surface area (Å²) in [5.74, 6) is 1.56. The van der Waals surface area contributed by atoms with Gasteiger partial charge in [-0.2, -0.15) is 9.78 Å². The number of aryl methyl sites for hydroxylation is 1. The average Bonchev–Trinajstić information content (AvgIpc) is 2.87. The second-order valence-electron chi connectivity index (χ2n) is 7.78. The van der Waals surface area contributed by atoms with Crippen LogP contribution >= 0.6 is 71.0 Å². The van der Waals surface area contributed by atoms with Gasteiger partial charge in [-0.1, -0.05) is 52.1 Å². The topological polar surface area (TPSA) is 65.7 Å². The molecule has 0 fully saturated rings. The Balaban J connectivity index is 1.73. The predicted octanol–water partition coefficient (Wildman–Crippen LogP) is 8.41. The van der Waals surface area contributed by atoms with Gasteiger partial charge in [-0.05, 0) is 75.2 Å². The minimum atomic E-state index is -0.251. The normalized spacial score (nSPS) is 11.4. The summed E-state index contributed by atoms with van der Waals surface area (Å²) >= 11 is 23.0. The summed E-state index contributed by atoms with van der Waals surface area (Å²) in [6.45, 7) is 4.44. The van der Waals surface area contributed by atoms with Crippen molar-refractivity contribution < 1.29 is 9.47 Å². The summed E-state index contributed by atoms with van der Waals surface area (Å²) in [6, 6.07) is 12.4. The molecular formula is C26H20Br3Cl2N3O3. The van der Waals surface area contributed by atoms with E-state index in [1.54, 1.807) is 30.5 Å². The smallest absolute Gasteiger partial charge is 0.282 e. The van der Waals surface area contributed by atoms with Gasteiger partial charge in [-0.15, -0.1) is 0 Å². The Labute approximate surface area is 249 Å². The highest BCUT2D eigenvalue weighted by Crippen LogP contribution is 2.43. The molecule has 1 heterocycles. The Morgan fingerprint density at radius 2 is 1.81 bits per heavy atom. The van der Waals surface area contributed by atoms with Gasteiger partial charge in [0.05, 0.1) is 28.2 Å². The van der Waals surface area contributed by atoms with Crippen LogP contribution in [0.2, 0.25) is 10.0 Å². The van der Waals surface area contributed by atoms with E-state index in [2.05, 4.69) is 57.9 Å². The molecule has 3 aromatic carbocycles. The van der Waals surface area contributed by atoms with E-state index in [9.17, 15) is 4.79 Å². The molecule has 0 atom stereocenters. The largest absolute Gasteiger partial charge is 0.490 e. The van der Waals surface area contributed by atoms with Crippen molar-refractivity contribution in [2.24, 2.45) is 5.10 Å². The SMILES string of the molecule is CCOc1cc(C=Nn2c(CC)nc3ccc(Br)cc3c2=O)c(Br)c(Br)c1OCc1ccc(Cl)cc1Cl. The summed E-state index contributed by atoms with van der Waals surface area (Å²) in [5, 5.41) is 6.04. The maximum absolute atomic E-state index is 13.2. The number of nitrogens with zero attached hydrogens (tertiary/aromatic N) is 3. The number of aromatic nitrogens is 2. The lowest BCUT2D eigenvalue weighted by atomic mass is 10.2. The van der Waals surface area contributed by atoms with Crippen LogP contribution in [0.5, 0.6) is 11.5 Å². The van der Waals surface area contributed by atoms with Crippen LogP contribution in [0.3, 0.4) is 0 Å². The van der Waals surface area contributed by atoms with Gasteiger partial charge in [0.15, 0.2) is 11.5 Å². The van der Waals surface area contributed by atoms with E-state index in [1.165, 1.54) is 4.68 Å². The van der Waals surface area contributed by atoms with Gasteiger partial charge < -0.3 is 9.47 Å². The van der Waals surface area contributed by atoms with Crippen LogP contribution in [-0.2, 0) is 13.0 Å². The molecule has 4 aromatic rings. The monoisotopic (exact) mass is 729 g/mol. The quantitative estimate of drug-likeness (QED) is 0.171. The fourth-order valence-corrected chi connectivity index (χ4v) is 5.31. The molecule has 11 heteroatoms. The minimum absolute atomic E-state index is 0.210. The first-order valence-corrected chi connectivity index (χ1v) is 14.3. The van der Waals surface area contributed by atoms with E-state index in [-0.39, 0.29) is 12.2 Å². The lowest BCUT2D eigenvalue weighted by Gasteiger charge is -2.17. The van der Waals surface area contributed by atoms with Gasteiger partial charge in [0.2, 0.25) is 0 Å². The van der Waals surface area contributed by atoms with Crippen molar-refractivity contribution in [3.05, 3.63) is 93.2 Å². The van der Waals surface area contributed by atoms with Crippen LogP contribution in [0.1, 0.15) is 30.8 Å². The Hall–Kier alpha value is -1.91. The molecule has 1 aromatic heterocycles. The first kappa shape index (κ1) is 28.1. The fourth-order valence-electron chi connectivity index (χ4n) is 3.55. The van der Waals surface area contributed by atoms with Crippen molar-refractivity contribution in [1.82, 2.24) is 9.66 Å². The highest BCUT2D eigenvalue weighted by molar-refractivity contribution is 9.13. The molecule has 0 spiro atoms. The van der Waals surface area contributed by atoms with Crippen LogP contribution in [0.15, 0.2) is 65.8 Å². The van der Waals surface area contributed by atoms with E-state index in [4.69, 9.17) is 32.7 Å². The Kier molecular flexibility index (Phi) is 9.34. The Morgan fingerprint density at radius 1 is 1.03 bits per heavy atom. The molecule has 0 saturated carbocycles. The molecule has 0 saturated heterocycles. The van der Waals surface area contributed by atoms with Gasteiger partial charge in [0.25, 0.3) is 5.56 Å². The van der Waals surface area contributed by atoms with Crippen molar-refractivity contribution in [3.63, 3.8) is 0 Å². The van der Waals surface area contributed by atoms with Crippen molar-refractivity contribution in [2.45, 2.75) is 26.9 Å². The number of rotatable bonds is 8. The van der Waals surface area contributed by atoms with Gasteiger partial charge in [0.1, 0.15) is 12.4 Å². The molecule has 37 heavy (non-hydrogen) atoms. The number of hydrogen-bond acceptors (Lipinski definition) is 5. The third-order valence-electron chi connectivity index (χ3n) is 5.35. The van der Waals surface area contributed by atoms with Crippen LogP contribution in [0.4, 0.5) is 0 Å². The van der Waals surface area contributed by atoms with Gasteiger partial charge >= 0.3 is 0 Å². The first-order chi connectivity index (χ1) is 17.7. The van der Waals surface area contributed by atoms with E-state index in [1.807, 2.05) is 32.0 Å². The van der Waals surface area contributed by atoms with E-state index in [0.717, 1.165) is 10.0 Å². The lowest BCUT2D eigenvalue weighted by molar-refractivity contribution is 0.267. The summed E-state index contributed by atoms with van der Waals surface area (Å²) in [7, 11) is 0. The maximum atomic E-state index is 13.2. The number of halogens is 5. The van der Waals surface area contributed by atoms with E-state index in [0.29, 0.717) is 65.8 Å². The second kappa shape index (κ2) is 12.3. The van der Waals surface area contributed by atoms with Gasteiger partial charge in [-0.3, -0.25) is 4.79 Å². The molecule has 0 unspecified atom stereocenters. The zero-order chi connectivity index (χ0) is 26.7. The molecule has 4 rings (SSSR count). The molecule has 6 nitrogen and oxygen atoms in total. The van der Waals surface area contributed by atoms with Crippen LogP contribution in [-0.4, -0.2) is 22.5 Å². The molecular weight excluding hydrogens is 713 g/mol. The van der Waals surface area contributed by atoms with Gasteiger partial charge in [0, 0.05) is 36.5 Å². The lowest BCUT2D eigenvalue weighted by Crippen LogP contribution is -2.22. The third kappa shape index (κ3) is 6.23. The van der Waals surface area contributed by atoms with Crippen LogP contribution < -0.4 is 15.0 Å². The van der Waals surface area contributed by atoms with Gasteiger partial charge in [-0.25, -0.2) is 4.98 Å². The molecule has 0 aliphatic rings. The number of hydrogen-bond donors (Lipinski definition) is 0. The molecule has 192 valence electrons. The maximum Gasteiger partial charge on any atom is 0.282 e. The highest BCUT2D eigenvalue weighted by Gasteiger charge is 2.18. The van der Waals surface area contributed by atoms with Crippen LogP contribution in [0.25, 0.3) is 10.9 Å². The van der Waals surface area contributed by atoms with Crippen molar-refractivity contribution in [3.8, 4) is 11.5 Å². The van der Waals surface area contributed by atoms with Crippen molar-refractivity contribution >= 4 is 88.1 Å². The molecule has 0 bridgehead atoms. The zero-order valence-corrected chi connectivity index (χ0v) is 26.0. The fraction of sp³-hybridized carbons (Fsp3) is 0.192. The third-order valence-corrected chi connectivity index (χ3v) is 8.57. The second-order valence-corrected chi connectivity index (χ2v) is 11.1. The summed E-state index contributed by atoms with van der Waals surface area (Å²) in [6.07, 6.45) is 2.12. The van der Waals surface area contributed by atoms with Crippen LogP contribution in [0, 0.1) is 0 Å². The Morgan fingerprint density at radius 3 is 2.51 bits per heavy atom. The average molecular weight is 733 g/mol. The predicted molar refractivity (Wildman–Crippen MR) is 160 cm³/mol. The summed E-state index contributed by atoms with van der Waals surface area (Å²) in [5.41, 5.74) is 1.83. The van der Waals surface area contributed by atoms with Crippen molar-refractivity contribution in [1.29, 1.82) is 0 Å².